The predicted molar refractivity (Wildman–Crippen MR) is 81.2 cm³/mol. The molecule has 1 aromatic carbocycles. The van der Waals surface area contributed by atoms with Gasteiger partial charge in [-0.3, -0.25) is 4.79 Å². The Morgan fingerprint density at radius 2 is 2.15 bits per heavy atom. The van der Waals surface area contributed by atoms with Gasteiger partial charge in [0.1, 0.15) is 12.4 Å². The second-order valence-corrected chi connectivity index (χ2v) is 6.90. The van der Waals surface area contributed by atoms with Crippen LogP contribution in [0.2, 0.25) is 0 Å². The van der Waals surface area contributed by atoms with Gasteiger partial charge in [0.2, 0.25) is 5.91 Å². The summed E-state index contributed by atoms with van der Waals surface area (Å²) in [5.74, 6) is 4.78. The van der Waals surface area contributed by atoms with Gasteiger partial charge in [-0.05, 0) is 18.2 Å². The summed E-state index contributed by atoms with van der Waals surface area (Å²) in [4.78, 5) is 11.8. The average Bonchev–Trinajstić information content (AvgIpc) is 2.36. The first-order chi connectivity index (χ1) is 9.31. The Morgan fingerprint density at radius 1 is 1.45 bits per heavy atom. The van der Waals surface area contributed by atoms with Crippen molar-refractivity contribution in [2.24, 2.45) is 0 Å². The fourth-order valence-electron chi connectivity index (χ4n) is 1.33. The van der Waals surface area contributed by atoms with Crippen LogP contribution in [0.4, 0.5) is 10.1 Å². The number of thioether (sulfide) groups is 1. The van der Waals surface area contributed by atoms with E-state index in [1.165, 1.54) is 30.0 Å². The number of halogens is 1. The molecule has 0 saturated heterocycles. The Kier molecular flexibility index (Phi) is 6.05. The van der Waals surface area contributed by atoms with Gasteiger partial charge in [0.15, 0.2) is 0 Å². The van der Waals surface area contributed by atoms with Crippen molar-refractivity contribution in [1.82, 2.24) is 0 Å². The molecule has 0 aliphatic heterocycles. The molecule has 0 atom stereocenters. The number of aliphatic hydroxyl groups is 1. The second kappa shape index (κ2) is 7.32. The van der Waals surface area contributed by atoms with Crippen LogP contribution in [0.1, 0.15) is 26.3 Å². The van der Waals surface area contributed by atoms with E-state index in [9.17, 15) is 9.18 Å². The quantitative estimate of drug-likeness (QED) is 0.843. The molecule has 0 radical (unpaired) electrons. The molecular weight excluding hydrogens is 277 g/mol. The van der Waals surface area contributed by atoms with E-state index in [-0.39, 0.29) is 17.3 Å². The van der Waals surface area contributed by atoms with Gasteiger partial charge >= 0.3 is 0 Å². The molecule has 0 spiro atoms. The van der Waals surface area contributed by atoms with E-state index in [4.69, 9.17) is 5.11 Å². The van der Waals surface area contributed by atoms with Crippen LogP contribution in [-0.4, -0.2) is 28.1 Å². The van der Waals surface area contributed by atoms with Gasteiger partial charge < -0.3 is 10.4 Å². The molecule has 108 valence electrons. The summed E-state index contributed by atoms with van der Waals surface area (Å²) in [7, 11) is 0. The summed E-state index contributed by atoms with van der Waals surface area (Å²) in [6.45, 7) is 5.77. The highest BCUT2D eigenvalue weighted by Crippen LogP contribution is 2.23. The van der Waals surface area contributed by atoms with Gasteiger partial charge in [0.05, 0.1) is 17.0 Å². The van der Waals surface area contributed by atoms with Crippen LogP contribution >= 0.6 is 11.8 Å². The number of benzene rings is 1. The highest BCUT2D eigenvalue weighted by atomic mass is 32.2. The third-order valence-electron chi connectivity index (χ3n) is 2.19. The highest BCUT2D eigenvalue weighted by molar-refractivity contribution is 8.01. The largest absolute Gasteiger partial charge is 0.384 e. The zero-order chi connectivity index (χ0) is 15.2. The lowest BCUT2D eigenvalue weighted by Crippen LogP contribution is -2.19. The Hall–Kier alpha value is -1.51. The van der Waals surface area contributed by atoms with E-state index in [2.05, 4.69) is 17.2 Å². The molecule has 5 heteroatoms. The van der Waals surface area contributed by atoms with Crippen LogP contribution < -0.4 is 5.32 Å². The summed E-state index contributed by atoms with van der Waals surface area (Å²) in [5, 5.41) is 11.4. The van der Waals surface area contributed by atoms with Crippen molar-refractivity contribution in [3.63, 3.8) is 0 Å². The molecular formula is C15H18FNO2S. The number of carbonyl (C=O) groups excluding carboxylic acids is 1. The van der Waals surface area contributed by atoms with Crippen LogP contribution in [-0.2, 0) is 4.79 Å². The number of nitrogens with one attached hydrogen (secondary N) is 1. The van der Waals surface area contributed by atoms with Gasteiger partial charge in [-0.2, -0.15) is 0 Å². The van der Waals surface area contributed by atoms with Crippen molar-refractivity contribution in [2.45, 2.75) is 25.5 Å². The number of amides is 1. The zero-order valence-electron chi connectivity index (χ0n) is 11.8. The number of hydrogen-bond donors (Lipinski definition) is 2. The molecule has 2 N–H and O–H groups in total. The molecule has 0 heterocycles. The molecule has 0 unspecified atom stereocenters. The average molecular weight is 295 g/mol. The summed E-state index contributed by atoms with van der Waals surface area (Å²) in [5.41, 5.74) is 0.806. The molecule has 1 amide bonds. The summed E-state index contributed by atoms with van der Waals surface area (Å²) in [6, 6.07) is 3.96. The summed E-state index contributed by atoms with van der Waals surface area (Å²) < 4.78 is 13.2. The zero-order valence-corrected chi connectivity index (χ0v) is 12.6. The van der Waals surface area contributed by atoms with E-state index in [1.807, 2.05) is 20.8 Å². The summed E-state index contributed by atoms with van der Waals surface area (Å²) in [6.07, 6.45) is 0. The number of carbonyl (C=O) groups is 1. The Bertz CT molecular complexity index is 541. The van der Waals surface area contributed by atoms with Crippen LogP contribution in [0.5, 0.6) is 0 Å². The molecule has 0 aliphatic carbocycles. The minimum atomic E-state index is -0.436. The lowest BCUT2D eigenvalue weighted by molar-refractivity contribution is -0.113. The predicted octanol–water partition coefficient (Wildman–Crippen LogP) is 2.64. The minimum Gasteiger partial charge on any atom is -0.384 e. The van der Waals surface area contributed by atoms with Crippen LogP contribution in [0.15, 0.2) is 18.2 Å². The first-order valence-corrected chi connectivity index (χ1v) is 7.13. The van der Waals surface area contributed by atoms with Gasteiger partial charge in [0, 0.05) is 4.75 Å². The van der Waals surface area contributed by atoms with E-state index >= 15 is 0 Å². The molecule has 0 fully saturated rings. The smallest absolute Gasteiger partial charge is 0.234 e. The Labute approximate surface area is 123 Å². The van der Waals surface area contributed by atoms with Crippen LogP contribution in [0.25, 0.3) is 0 Å². The van der Waals surface area contributed by atoms with Crippen molar-refractivity contribution < 1.29 is 14.3 Å². The fraction of sp³-hybridized carbons (Fsp3) is 0.400. The van der Waals surface area contributed by atoms with E-state index in [0.717, 1.165) is 0 Å². The maximum atomic E-state index is 13.2. The van der Waals surface area contributed by atoms with Crippen molar-refractivity contribution in [3.05, 3.63) is 29.6 Å². The molecule has 0 saturated carbocycles. The van der Waals surface area contributed by atoms with Crippen molar-refractivity contribution in [2.75, 3.05) is 17.7 Å². The first-order valence-electron chi connectivity index (χ1n) is 6.15. The molecule has 20 heavy (non-hydrogen) atoms. The third-order valence-corrected chi connectivity index (χ3v) is 3.47. The molecule has 0 aromatic heterocycles. The number of aliphatic hydroxyl groups excluding tert-OH is 1. The van der Waals surface area contributed by atoms with Gasteiger partial charge in [-0.1, -0.05) is 32.6 Å². The first kappa shape index (κ1) is 16.5. The monoisotopic (exact) mass is 295 g/mol. The normalized spacial score (nSPS) is 10.7. The second-order valence-electron chi connectivity index (χ2n) is 5.10. The fourth-order valence-corrected chi connectivity index (χ4v) is 1.97. The van der Waals surface area contributed by atoms with E-state index in [0.29, 0.717) is 17.0 Å². The van der Waals surface area contributed by atoms with Crippen molar-refractivity contribution in [3.8, 4) is 11.8 Å². The van der Waals surface area contributed by atoms with Crippen molar-refractivity contribution >= 4 is 23.4 Å². The number of anilines is 1. The molecule has 1 rings (SSSR count). The molecule has 0 bridgehead atoms. The Balaban J connectivity index is 2.79. The standard InChI is InChI=1S/C15H18FNO2S/c1-15(2,3)20-10-14(19)17-13-7-6-12(16)9-11(13)5-4-8-18/h6-7,9,18H,8,10H2,1-3H3,(H,17,19). The van der Waals surface area contributed by atoms with E-state index < -0.39 is 5.82 Å². The SMILES string of the molecule is CC(C)(C)SCC(=O)Nc1ccc(F)cc1C#CCO. The van der Waals surface area contributed by atoms with Gasteiger partial charge in [0.25, 0.3) is 0 Å². The lowest BCUT2D eigenvalue weighted by atomic mass is 10.1. The van der Waals surface area contributed by atoms with Crippen LogP contribution in [0, 0.1) is 17.7 Å². The Morgan fingerprint density at radius 3 is 2.75 bits per heavy atom. The highest BCUT2D eigenvalue weighted by Gasteiger charge is 2.14. The molecule has 3 nitrogen and oxygen atoms in total. The maximum Gasteiger partial charge on any atom is 0.234 e. The number of rotatable bonds is 3. The third kappa shape index (κ3) is 6.09. The van der Waals surface area contributed by atoms with Crippen molar-refractivity contribution in [1.29, 1.82) is 0 Å². The number of hydrogen-bond acceptors (Lipinski definition) is 3. The lowest BCUT2D eigenvalue weighted by Gasteiger charge is -2.17. The summed E-state index contributed by atoms with van der Waals surface area (Å²) >= 11 is 1.53. The maximum absolute atomic E-state index is 13.2. The van der Waals surface area contributed by atoms with Crippen LogP contribution in [0.3, 0.4) is 0 Å². The minimum absolute atomic E-state index is 0.000337. The van der Waals surface area contributed by atoms with E-state index in [1.54, 1.807) is 0 Å². The molecule has 0 aliphatic rings. The van der Waals surface area contributed by atoms with Gasteiger partial charge in [-0.25, -0.2) is 4.39 Å². The van der Waals surface area contributed by atoms with Gasteiger partial charge in [-0.15, -0.1) is 11.8 Å². The topological polar surface area (TPSA) is 49.3 Å². The molecule has 1 aromatic rings.